The Bertz CT molecular complexity index is 845. The Hall–Kier alpha value is -2.28. The predicted octanol–water partition coefficient (Wildman–Crippen LogP) is 5.33. The molecule has 120 valence electrons. The Kier molecular flexibility index (Phi) is 3.00. The molecule has 0 radical (unpaired) electrons. The molecule has 4 aliphatic rings. The summed E-state index contributed by atoms with van der Waals surface area (Å²) < 4.78 is 0. The quantitative estimate of drug-likeness (QED) is 0.795. The van der Waals surface area contributed by atoms with Gasteiger partial charge in [-0.3, -0.25) is 0 Å². The summed E-state index contributed by atoms with van der Waals surface area (Å²) in [6.07, 6.45) is 13.8. The van der Waals surface area contributed by atoms with Crippen molar-refractivity contribution < 1.29 is 0 Å². The molecule has 3 unspecified atom stereocenters. The lowest BCUT2D eigenvalue weighted by Gasteiger charge is -2.20. The van der Waals surface area contributed by atoms with Crippen molar-refractivity contribution in [1.29, 1.82) is 0 Å². The summed E-state index contributed by atoms with van der Waals surface area (Å²) in [5.41, 5.74) is 8.10. The first-order valence-electron chi connectivity index (χ1n) is 9.09. The molecule has 0 bridgehead atoms. The van der Waals surface area contributed by atoms with Crippen molar-refractivity contribution in [2.24, 2.45) is 17.8 Å². The molecule has 2 saturated carbocycles. The van der Waals surface area contributed by atoms with E-state index in [4.69, 9.17) is 0 Å². The van der Waals surface area contributed by atoms with Gasteiger partial charge in [0.25, 0.3) is 0 Å². The Morgan fingerprint density at radius 1 is 1.12 bits per heavy atom. The van der Waals surface area contributed by atoms with Gasteiger partial charge in [-0.15, -0.1) is 0 Å². The van der Waals surface area contributed by atoms with Crippen LogP contribution in [-0.2, 0) is 0 Å². The maximum absolute atomic E-state index is 3.97. The fraction of sp³-hybridized carbons (Fsp3) is 0.304. The standard InChI is InChI=1S/C23H23N/c1-14-6-7-19(13-24-14)21-11-10-20-15(2)22(20)23(21)18-5-3-4-17(12-18)16-8-9-16/h3-7,10-13,15-16,20,22,24H,1,8-9H2,2H3. The SMILES string of the molecule is C=C1C=CC(C2=C(c3cccc(C4CC4)c3)C3C(C)C3C=C2)=CN1. The molecule has 0 saturated heterocycles. The van der Waals surface area contributed by atoms with Gasteiger partial charge in [0.15, 0.2) is 0 Å². The number of nitrogens with one attached hydrogen (secondary N) is 1. The lowest BCUT2D eigenvalue weighted by atomic mass is 9.86. The Morgan fingerprint density at radius 3 is 2.75 bits per heavy atom. The van der Waals surface area contributed by atoms with Gasteiger partial charge in [-0.05, 0) is 70.4 Å². The van der Waals surface area contributed by atoms with Gasteiger partial charge in [-0.25, -0.2) is 0 Å². The fourth-order valence-corrected chi connectivity index (χ4v) is 4.32. The molecular weight excluding hydrogens is 290 g/mol. The number of dihydropyridines is 1. The Morgan fingerprint density at radius 2 is 2.00 bits per heavy atom. The van der Waals surface area contributed by atoms with E-state index in [0.29, 0.717) is 5.92 Å². The molecule has 1 aromatic carbocycles. The topological polar surface area (TPSA) is 12.0 Å². The highest BCUT2D eigenvalue weighted by Crippen LogP contribution is 2.59. The molecule has 5 rings (SSSR count). The number of fused-ring (bicyclic) bond motifs is 1. The van der Waals surface area contributed by atoms with E-state index >= 15 is 0 Å². The van der Waals surface area contributed by atoms with Crippen LogP contribution in [0.1, 0.15) is 36.8 Å². The van der Waals surface area contributed by atoms with Gasteiger partial charge < -0.3 is 5.32 Å². The summed E-state index contributed by atoms with van der Waals surface area (Å²) in [7, 11) is 0. The summed E-state index contributed by atoms with van der Waals surface area (Å²) in [6.45, 7) is 6.35. The average molecular weight is 313 g/mol. The summed E-state index contributed by atoms with van der Waals surface area (Å²) in [6, 6.07) is 9.31. The minimum Gasteiger partial charge on any atom is -0.362 e. The van der Waals surface area contributed by atoms with Crippen molar-refractivity contribution in [1.82, 2.24) is 5.32 Å². The van der Waals surface area contributed by atoms with Crippen LogP contribution in [0.4, 0.5) is 0 Å². The van der Waals surface area contributed by atoms with Crippen LogP contribution in [0.25, 0.3) is 5.57 Å². The zero-order valence-corrected chi connectivity index (χ0v) is 14.1. The van der Waals surface area contributed by atoms with E-state index < -0.39 is 0 Å². The van der Waals surface area contributed by atoms with Gasteiger partial charge in [0.1, 0.15) is 0 Å². The molecule has 1 N–H and O–H groups in total. The van der Waals surface area contributed by atoms with Crippen molar-refractivity contribution in [3.63, 3.8) is 0 Å². The third-order valence-corrected chi connectivity index (χ3v) is 5.99. The van der Waals surface area contributed by atoms with Crippen molar-refractivity contribution in [2.75, 3.05) is 0 Å². The maximum atomic E-state index is 3.97. The van der Waals surface area contributed by atoms with E-state index in [1.807, 2.05) is 0 Å². The molecular formula is C23H23N. The molecule has 1 aliphatic heterocycles. The molecule has 1 heteroatoms. The molecule has 1 heterocycles. The molecule has 3 aliphatic carbocycles. The first-order chi connectivity index (χ1) is 11.7. The zero-order chi connectivity index (χ0) is 16.3. The summed E-state index contributed by atoms with van der Waals surface area (Å²) in [5.74, 6) is 2.97. The first-order valence-corrected chi connectivity index (χ1v) is 9.09. The van der Waals surface area contributed by atoms with Crippen molar-refractivity contribution in [3.05, 3.63) is 89.3 Å². The lowest BCUT2D eigenvalue weighted by Crippen LogP contribution is -2.09. The summed E-state index contributed by atoms with van der Waals surface area (Å²) in [5, 5.41) is 3.27. The highest BCUT2D eigenvalue weighted by Gasteiger charge is 2.49. The van der Waals surface area contributed by atoms with Crippen LogP contribution in [0, 0.1) is 17.8 Å². The van der Waals surface area contributed by atoms with Gasteiger partial charge in [-0.1, -0.05) is 56.0 Å². The number of hydrogen-bond donors (Lipinski definition) is 1. The van der Waals surface area contributed by atoms with Crippen LogP contribution in [0.15, 0.2) is 78.2 Å². The second kappa shape index (κ2) is 5.11. The molecule has 0 aromatic heterocycles. The van der Waals surface area contributed by atoms with Crippen molar-refractivity contribution in [3.8, 4) is 0 Å². The van der Waals surface area contributed by atoms with Gasteiger partial charge in [0.2, 0.25) is 0 Å². The molecule has 1 aromatic rings. The molecule has 3 atom stereocenters. The van der Waals surface area contributed by atoms with E-state index in [9.17, 15) is 0 Å². The van der Waals surface area contributed by atoms with E-state index in [2.05, 4.69) is 73.6 Å². The first kappa shape index (κ1) is 14.1. The molecule has 1 nitrogen and oxygen atoms in total. The molecule has 24 heavy (non-hydrogen) atoms. The zero-order valence-electron chi connectivity index (χ0n) is 14.1. The average Bonchev–Trinajstić information content (AvgIpc) is 3.53. The Labute approximate surface area is 144 Å². The number of benzene rings is 1. The van der Waals surface area contributed by atoms with Gasteiger partial charge in [0.05, 0.1) is 0 Å². The van der Waals surface area contributed by atoms with Crippen LogP contribution in [0.2, 0.25) is 0 Å². The van der Waals surface area contributed by atoms with E-state index in [1.54, 1.807) is 5.57 Å². The number of hydrogen-bond acceptors (Lipinski definition) is 1. The summed E-state index contributed by atoms with van der Waals surface area (Å²) in [4.78, 5) is 0. The normalized spacial score (nSPS) is 30.8. The largest absolute Gasteiger partial charge is 0.362 e. The predicted molar refractivity (Wildman–Crippen MR) is 100 cm³/mol. The fourth-order valence-electron chi connectivity index (χ4n) is 4.32. The van der Waals surface area contributed by atoms with E-state index in [0.717, 1.165) is 23.5 Å². The van der Waals surface area contributed by atoms with Crippen LogP contribution < -0.4 is 5.32 Å². The second-order valence-corrected chi connectivity index (χ2v) is 7.65. The minimum atomic E-state index is 0.680. The minimum absolute atomic E-state index is 0.680. The van der Waals surface area contributed by atoms with E-state index in [1.165, 1.54) is 35.1 Å². The number of allylic oxidation sites excluding steroid dienone is 7. The van der Waals surface area contributed by atoms with Crippen molar-refractivity contribution in [2.45, 2.75) is 25.7 Å². The second-order valence-electron chi connectivity index (χ2n) is 7.65. The van der Waals surface area contributed by atoms with Crippen LogP contribution in [-0.4, -0.2) is 0 Å². The molecule has 2 fully saturated rings. The van der Waals surface area contributed by atoms with Crippen LogP contribution >= 0.6 is 0 Å². The lowest BCUT2D eigenvalue weighted by molar-refractivity contribution is 0.888. The third kappa shape index (κ3) is 2.23. The van der Waals surface area contributed by atoms with Gasteiger partial charge in [-0.2, -0.15) is 0 Å². The number of rotatable bonds is 3. The highest BCUT2D eigenvalue weighted by molar-refractivity contribution is 5.82. The summed E-state index contributed by atoms with van der Waals surface area (Å²) >= 11 is 0. The molecule has 0 amide bonds. The maximum Gasteiger partial charge on any atom is 0.0307 e. The third-order valence-electron chi connectivity index (χ3n) is 5.99. The van der Waals surface area contributed by atoms with E-state index in [-0.39, 0.29) is 0 Å². The van der Waals surface area contributed by atoms with Gasteiger partial charge in [0, 0.05) is 11.9 Å². The molecule has 0 spiro atoms. The van der Waals surface area contributed by atoms with Crippen LogP contribution in [0.3, 0.4) is 0 Å². The monoisotopic (exact) mass is 313 g/mol. The van der Waals surface area contributed by atoms with Crippen molar-refractivity contribution >= 4 is 5.57 Å². The smallest absolute Gasteiger partial charge is 0.0307 e. The van der Waals surface area contributed by atoms with Gasteiger partial charge >= 0.3 is 0 Å². The van der Waals surface area contributed by atoms with Crippen LogP contribution in [0.5, 0.6) is 0 Å². The Balaban J connectivity index is 1.63. The highest BCUT2D eigenvalue weighted by atomic mass is 14.8.